The van der Waals surface area contributed by atoms with Gasteiger partial charge in [-0.2, -0.15) is 0 Å². The summed E-state index contributed by atoms with van der Waals surface area (Å²) in [5, 5.41) is 15.4. The van der Waals surface area contributed by atoms with Gasteiger partial charge < -0.3 is 32.5 Å². The summed E-state index contributed by atoms with van der Waals surface area (Å²) in [6.07, 6.45) is -0.00501. The largest absolute Gasteiger partial charge is 0.480 e. The molecule has 0 aliphatic heterocycles. The number of rotatable bonds is 11. The van der Waals surface area contributed by atoms with Gasteiger partial charge in [-0.1, -0.05) is 13.8 Å². The van der Waals surface area contributed by atoms with Gasteiger partial charge in [0, 0.05) is 6.42 Å². The third-order valence-electron chi connectivity index (χ3n) is 3.14. The molecule has 2 unspecified atom stereocenters. The number of carboxylic acids is 1. The lowest BCUT2D eigenvalue weighted by molar-refractivity contribution is -0.138. The van der Waals surface area contributed by atoms with Crippen molar-refractivity contribution in [2.45, 2.75) is 38.8 Å². The van der Waals surface area contributed by atoms with E-state index in [0.29, 0.717) is 0 Å². The van der Waals surface area contributed by atoms with Crippen LogP contribution in [0.3, 0.4) is 0 Å². The molecule has 4 amide bonds. The molecule has 0 aromatic heterocycles. The highest BCUT2D eigenvalue weighted by atomic mass is 16.4. The van der Waals surface area contributed by atoms with Gasteiger partial charge in [0.05, 0.1) is 12.6 Å². The fourth-order valence-electron chi connectivity index (χ4n) is 1.76. The molecule has 142 valence electrons. The lowest BCUT2D eigenvalue weighted by atomic mass is 10.0. The first-order chi connectivity index (χ1) is 11.5. The molecule has 25 heavy (non-hydrogen) atoms. The van der Waals surface area contributed by atoms with Crippen LogP contribution < -0.4 is 27.4 Å². The van der Waals surface area contributed by atoms with Crippen molar-refractivity contribution in [3.63, 3.8) is 0 Å². The van der Waals surface area contributed by atoms with Crippen molar-refractivity contribution >= 4 is 29.6 Å². The highest BCUT2D eigenvalue weighted by Crippen LogP contribution is 2.01. The van der Waals surface area contributed by atoms with Crippen molar-refractivity contribution in [3.8, 4) is 0 Å². The second-order valence-electron chi connectivity index (χ2n) is 5.73. The van der Waals surface area contributed by atoms with E-state index in [9.17, 15) is 24.0 Å². The number of carbonyl (C=O) groups excluding carboxylic acids is 4. The standard InChI is InChI=1S/C14H25N5O6/c1-7(2)12(14(25)18-6-11(22)23)19-10(21)5-17-13(24)8(15)3-4-9(16)20/h7-8,12H,3-6,15H2,1-2H3,(H2,16,20)(H,17,24)(H,18,25)(H,19,21)(H,22,23). The van der Waals surface area contributed by atoms with Crippen molar-refractivity contribution in [2.24, 2.45) is 17.4 Å². The molecule has 0 rings (SSSR count). The summed E-state index contributed by atoms with van der Waals surface area (Å²) in [7, 11) is 0. The summed E-state index contributed by atoms with van der Waals surface area (Å²) >= 11 is 0. The van der Waals surface area contributed by atoms with E-state index in [-0.39, 0.29) is 18.8 Å². The van der Waals surface area contributed by atoms with Gasteiger partial charge >= 0.3 is 5.97 Å². The van der Waals surface area contributed by atoms with E-state index in [0.717, 1.165) is 0 Å². The fourth-order valence-corrected chi connectivity index (χ4v) is 1.76. The Bertz CT molecular complexity index is 522. The Morgan fingerprint density at radius 1 is 1.00 bits per heavy atom. The summed E-state index contributed by atoms with van der Waals surface area (Å²) in [5.74, 6) is -4.01. The van der Waals surface area contributed by atoms with Crippen LogP contribution in [0, 0.1) is 5.92 Å². The van der Waals surface area contributed by atoms with Crippen LogP contribution in [0.4, 0.5) is 0 Å². The van der Waals surface area contributed by atoms with Gasteiger partial charge in [0.25, 0.3) is 0 Å². The Kier molecular flexibility index (Phi) is 9.79. The highest BCUT2D eigenvalue weighted by Gasteiger charge is 2.24. The maximum atomic E-state index is 11.9. The molecule has 0 aromatic carbocycles. The van der Waals surface area contributed by atoms with Gasteiger partial charge in [-0.05, 0) is 12.3 Å². The van der Waals surface area contributed by atoms with Crippen LogP contribution >= 0.6 is 0 Å². The molecule has 0 bridgehead atoms. The van der Waals surface area contributed by atoms with E-state index >= 15 is 0 Å². The van der Waals surface area contributed by atoms with Gasteiger partial charge in [-0.25, -0.2) is 0 Å². The number of aliphatic carboxylic acids is 1. The smallest absolute Gasteiger partial charge is 0.322 e. The molecule has 11 nitrogen and oxygen atoms in total. The Morgan fingerprint density at radius 3 is 2.04 bits per heavy atom. The molecule has 0 aromatic rings. The first kappa shape index (κ1) is 22.3. The molecule has 11 heteroatoms. The van der Waals surface area contributed by atoms with Crippen molar-refractivity contribution in [2.75, 3.05) is 13.1 Å². The van der Waals surface area contributed by atoms with Gasteiger partial charge in [0.15, 0.2) is 0 Å². The van der Waals surface area contributed by atoms with Crippen molar-refractivity contribution in [3.05, 3.63) is 0 Å². The number of carbonyl (C=O) groups is 5. The summed E-state index contributed by atoms with van der Waals surface area (Å²) < 4.78 is 0. The molecule has 0 spiro atoms. The zero-order chi connectivity index (χ0) is 19.6. The molecule has 2 atom stereocenters. The Balaban J connectivity index is 4.43. The molecule has 0 aliphatic carbocycles. The zero-order valence-electron chi connectivity index (χ0n) is 14.2. The van der Waals surface area contributed by atoms with Crippen molar-refractivity contribution < 1.29 is 29.1 Å². The Labute approximate surface area is 144 Å². The molecule has 0 aliphatic rings. The van der Waals surface area contributed by atoms with Crippen molar-refractivity contribution in [1.82, 2.24) is 16.0 Å². The summed E-state index contributed by atoms with van der Waals surface area (Å²) in [4.78, 5) is 56.5. The lowest BCUT2D eigenvalue weighted by Crippen LogP contribution is -2.53. The summed E-state index contributed by atoms with van der Waals surface area (Å²) in [5.41, 5.74) is 10.5. The van der Waals surface area contributed by atoms with Crippen molar-refractivity contribution in [1.29, 1.82) is 0 Å². The number of hydrogen-bond donors (Lipinski definition) is 6. The van der Waals surface area contributed by atoms with Gasteiger partial charge in [-0.15, -0.1) is 0 Å². The summed E-state index contributed by atoms with van der Waals surface area (Å²) in [6, 6.07) is -1.94. The number of nitrogens with one attached hydrogen (secondary N) is 3. The molecule has 0 saturated carbocycles. The number of carboxylic acid groups (broad SMARTS) is 1. The SMILES string of the molecule is CC(C)C(NC(=O)CNC(=O)C(N)CCC(N)=O)C(=O)NCC(=O)O. The van der Waals surface area contributed by atoms with Gasteiger partial charge in [0.2, 0.25) is 23.6 Å². The highest BCUT2D eigenvalue weighted by molar-refractivity contribution is 5.92. The number of nitrogens with two attached hydrogens (primary N) is 2. The predicted octanol–water partition coefficient (Wildman–Crippen LogP) is -2.96. The molecule has 0 fully saturated rings. The molecule has 8 N–H and O–H groups in total. The van der Waals surface area contributed by atoms with Crippen LogP contribution in [0.25, 0.3) is 0 Å². The third-order valence-corrected chi connectivity index (χ3v) is 3.14. The van der Waals surface area contributed by atoms with Gasteiger partial charge in [0.1, 0.15) is 12.6 Å². The summed E-state index contributed by atoms with van der Waals surface area (Å²) in [6.45, 7) is 2.36. The molecule has 0 saturated heterocycles. The van der Waals surface area contributed by atoms with Crippen LogP contribution in [-0.2, 0) is 24.0 Å². The first-order valence-electron chi connectivity index (χ1n) is 7.65. The second-order valence-corrected chi connectivity index (χ2v) is 5.73. The maximum Gasteiger partial charge on any atom is 0.322 e. The second kappa shape index (κ2) is 11.0. The number of primary amides is 1. The minimum absolute atomic E-state index is 0.0506. The fraction of sp³-hybridized carbons (Fsp3) is 0.643. The minimum Gasteiger partial charge on any atom is -0.480 e. The third kappa shape index (κ3) is 9.91. The monoisotopic (exact) mass is 359 g/mol. The van der Waals surface area contributed by atoms with Crippen LogP contribution in [0.5, 0.6) is 0 Å². The predicted molar refractivity (Wildman–Crippen MR) is 86.8 cm³/mol. The van der Waals surface area contributed by atoms with Crippen LogP contribution in [0.2, 0.25) is 0 Å². The normalized spacial score (nSPS) is 12.8. The Morgan fingerprint density at radius 2 is 1.56 bits per heavy atom. The Hall–Kier alpha value is -2.69. The average Bonchev–Trinajstić information content (AvgIpc) is 2.52. The van der Waals surface area contributed by atoms with Gasteiger partial charge in [-0.3, -0.25) is 24.0 Å². The van der Waals surface area contributed by atoms with Crippen LogP contribution in [0.1, 0.15) is 26.7 Å². The minimum atomic E-state index is -1.21. The van der Waals surface area contributed by atoms with E-state index in [1.54, 1.807) is 13.8 Å². The number of amides is 4. The molecular weight excluding hydrogens is 334 g/mol. The number of hydrogen-bond acceptors (Lipinski definition) is 6. The lowest BCUT2D eigenvalue weighted by Gasteiger charge is -2.21. The quantitative estimate of drug-likeness (QED) is 0.227. The van der Waals surface area contributed by atoms with E-state index in [2.05, 4.69) is 16.0 Å². The molecular formula is C14H25N5O6. The van der Waals surface area contributed by atoms with E-state index in [1.807, 2.05) is 0 Å². The van der Waals surface area contributed by atoms with E-state index < -0.39 is 54.8 Å². The zero-order valence-corrected chi connectivity index (χ0v) is 14.2. The molecule has 0 radical (unpaired) electrons. The topological polar surface area (TPSA) is 194 Å². The van der Waals surface area contributed by atoms with Crippen LogP contribution in [0.15, 0.2) is 0 Å². The van der Waals surface area contributed by atoms with E-state index in [1.165, 1.54) is 0 Å². The van der Waals surface area contributed by atoms with E-state index in [4.69, 9.17) is 16.6 Å². The molecule has 0 heterocycles. The first-order valence-corrected chi connectivity index (χ1v) is 7.65. The maximum absolute atomic E-state index is 11.9. The average molecular weight is 359 g/mol. The van der Waals surface area contributed by atoms with Crippen LogP contribution in [-0.4, -0.2) is 59.9 Å².